The summed E-state index contributed by atoms with van der Waals surface area (Å²) in [6, 6.07) is 0. The first-order valence-electron chi connectivity index (χ1n) is 29.0. The number of hydrogen-bond donors (Lipinski definition) is 0. The fraction of sp³-hybridized carbons (Fsp3) is 0.567. The van der Waals surface area contributed by atoms with Gasteiger partial charge in [-0.2, -0.15) is 0 Å². The molecule has 0 saturated heterocycles. The van der Waals surface area contributed by atoms with Gasteiger partial charge in [0.05, 0.1) is 0 Å². The number of allylic oxidation sites excluding steroid dienone is 26. The number of hydrogen-bond acceptors (Lipinski definition) is 6. The van der Waals surface area contributed by atoms with E-state index >= 15 is 0 Å². The van der Waals surface area contributed by atoms with Crippen LogP contribution in [0.15, 0.2) is 158 Å². The van der Waals surface area contributed by atoms with Crippen LogP contribution in [0.3, 0.4) is 0 Å². The number of carbonyl (C=O) groups is 3. The molecule has 1 atom stereocenters. The molecule has 0 aromatic rings. The molecule has 0 fully saturated rings. The van der Waals surface area contributed by atoms with Crippen molar-refractivity contribution in [3.63, 3.8) is 0 Å². The van der Waals surface area contributed by atoms with Crippen LogP contribution in [-0.2, 0) is 28.6 Å². The maximum Gasteiger partial charge on any atom is 0.306 e. The number of unbranched alkanes of at least 4 members (excludes halogenated alkanes) is 13. The quantitative estimate of drug-likeness (QED) is 0.0261. The average Bonchev–Trinajstić information content (AvgIpc) is 3.39. The molecular formula is C67H104O6. The van der Waals surface area contributed by atoms with Crippen molar-refractivity contribution in [2.75, 3.05) is 13.2 Å². The molecule has 0 aromatic carbocycles. The van der Waals surface area contributed by atoms with E-state index in [1.165, 1.54) is 38.5 Å². The van der Waals surface area contributed by atoms with E-state index in [-0.39, 0.29) is 44.0 Å². The number of esters is 3. The van der Waals surface area contributed by atoms with E-state index in [1.54, 1.807) is 0 Å². The Morgan fingerprint density at radius 2 is 0.534 bits per heavy atom. The Morgan fingerprint density at radius 1 is 0.288 bits per heavy atom. The summed E-state index contributed by atoms with van der Waals surface area (Å²) in [7, 11) is 0. The second kappa shape index (κ2) is 59.6. The van der Waals surface area contributed by atoms with Crippen molar-refractivity contribution in [1.29, 1.82) is 0 Å². The van der Waals surface area contributed by atoms with E-state index in [0.717, 1.165) is 135 Å². The predicted octanol–water partition coefficient (Wildman–Crippen LogP) is 19.8. The van der Waals surface area contributed by atoms with Crippen LogP contribution in [0.1, 0.15) is 226 Å². The molecule has 0 rings (SSSR count). The molecule has 0 aliphatic heterocycles. The zero-order valence-electron chi connectivity index (χ0n) is 46.6. The Morgan fingerprint density at radius 3 is 0.877 bits per heavy atom. The van der Waals surface area contributed by atoms with Gasteiger partial charge in [0, 0.05) is 19.3 Å². The van der Waals surface area contributed by atoms with E-state index in [0.29, 0.717) is 19.3 Å². The highest BCUT2D eigenvalue weighted by Gasteiger charge is 2.19. The highest BCUT2D eigenvalue weighted by atomic mass is 16.6. The standard InChI is InChI=1S/C67H104O6/c1-4-7-10-13-16-19-22-25-27-28-29-30-31-32-33-34-35-36-37-38-40-42-45-48-51-54-57-60-66(69)72-63-64(62-71-65(68)59-56-53-50-47-44-41-24-21-18-15-12-9-6-3)73-67(70)61-58-55-52-49-46-43-39-26-23-20-17-14-11-8-5-2/h7-8,10-11,16-17,19-21,24-27,29-30,32-33,35-36,38-40,45-46,48-49,64H,4-6,9,12-15,18,22-23,28,31,34,37,41-44,47,50-63H2,1-3H3/b10-7-,11-8-,19-16-,20-17-,24-21-,27-25-,30-29-,33-32-,36-35-,39-26-,40-38-,48-45-,49-46-. The smallest absolute Gasteiger partial charge is 0.306 e. The molecule has 1 unspecified atom stereocenters. The summed E-state index contributed by atoms with van der Waals surface area (Å²) < 4.78 is 16.8. The van der Waals surface area contributed by atoms with Crippen LogP contribution < -0.4 is 0 Å². The predicted molar refractivity (Wildman–Crippen MR) is 315 cm³/mol. The second-order valence-electron chi connectivity index (χ2n) is 18.4. The maximum absolute atomic E-state index is 12.8. The third-order valence-corrected chi connectivity index (χ3v) is 11.5. The van der Waals surface area contributed by atoms with Gasteiger partial charge in [0.1, 0.15) is 13.2 Å². The van der Waals surface area contributed by atoms with Gasteiger partial charge in [-0.25, -0.2) is 0 Å². The summed E-state index contributed by atoms with van der Waals surface area (Å²) in [6.07, 6.45) is 86.7. The number of rotatable bonds is 50. The first kappa shape index (κ1) is 68.0. The minimum absolute atomic E-state index is 0.120. The van der Waals surface area contributed by atoms with E-state index in [4.69, 9.17) is 14.2 Å². The van der Waals surface area contributed by atoms with Crippen LogP contribution in [0.5, 0.6) is 0 Å². The van der Waals surface area contributed by atoms with Crippen molar-refractivity contribution in [2.24, 2.45) is 0 Å². The maximum atomic E-state index is 12.8. The van der Waals surface area contributed by atoms with Crippen LogP contribution in [-0.4, -0.2) is 37.2 Å². The second-order valence-corrected chi connectivity index (χ2v) is 18.4. The fourth-order valence-corrected chi connectivity index (χ4v) is 7.21. The van der Waals surface area contributed by atoms with E-state index < -0.39 is 6.10 Å². The molecule has 73 heavy (non-hydrogen) atoms. The first-order valence-corrected chi connectivity index (χ1v) is 29.0. The van der Waals surface area contributed by atoms with Gasteiger partial charge in [0.15, 0.2) is 6.10 Å². The minimum Gasteiger partial charge on any atom is -0.462 e. The van der Waals surface area contributed by atoms with E-state index in [1.807, 2.05) is 0 Å². The molecule has 0 aliphatic rings. The summed E-state index contributed by atoms with van der Waals surface area (Å²) >= 11 is 0. The SMILES string of the molecule is CC/C=C\C/C=C\C/C=C\C/C=C\C/C=C\C/C=C\C/C=C\C/C=C\CCCCC(=O)OCC(COC(=O)CCCCCCC/C=C\CCCCCC)OC(=O)CCCC/C=C\C/C=C\C/C=C\C/C=C\CC. The van der Waals surface area contributed by atoms with E-state index in [2.05, 4.69) is 179 Å². The summed E-state index contributed by atoms with van der Waals surface area (Å²) in [5, 5.41) is 0. The van der Waals surface area contributed by atoms with Crippen molar-refractivity contribution in [3.05, 3.63) is 158 Å². The molecule has 0 radical (unpaired) electrons. The average molecular weight is 1010 g/mol. The lowest BCUT2D eigenvalue weighted by Gasteiger charge is -2.18. The number of ether oxygens (including phenoxy) is 3. The Labute approximate surface area is 448 Å². The normalized spacial score (nSPS) is 13.3. The molecule has 0 aliphatic carbocycles. The molecule has 6 nitrogen and oxygen atoms in total. The van der Waals surface area contributed by atoms with Crippen molar-refractivity contribution in [3.8, 4) is 0 Å². The number of carbonyl (C=O) groups excluding carboxylic acids is 3. The van der Waals surface area contributed by atoms with Gasteiger partial charge in [0.25, 0.3) is 0 Å². The zero-order valence-corrected chi connectivity index (χ0v) is 46.6. The van der Waals surface area contributed by atoms with Gasteiger partial charge in [-0.05, 0) is 148 Å². The van der Waals surface area contributed by atoms with Crippen LogP contribution in [0.4, 0.5) is 0 Å². The topological polar surface area (TPSA) is 78.9 Å². The lowest BCUT2D eigenvalue weighted by atomic mass is 10.1. The van der Waals surface area contributed by atoms with Crippen LogP contribution in [0.25, 0.3) is 0 Å². The third-order valence-electron chi connectivity index (χ3n) is 11.5. The van der Waals surface area contributed by atoms with Crippen LogP contribution >= 0.6 is 0 Å². The van der Waals surface area contributed by atoms with E-state index in [9.17, 15) is 14.4 Å². The van der Waals surface area contributed by atoms with Gasteiger partial charge in [-0.1, -0.05) is 217 Å². The highest BCUT2D eigenvalue weighted by Crippen LogP contribution is 2.12. The van der Waals surface area contributed by atoms with Crippen LogP contribution in [0, 0.1) is 0 Å². The molecule has 0 aromatic heterocycles. The molecule has 0 heterocycles. The highest BCUT2D eigenvalue weighted by molar-refractivity contribution is 5.71. The van der Waals surface area contributed by atoms with Gasteiger partial charge in [0.2, 0.25) is 0 Å². The van der Waals surface area contributed by atoms with Gasteiger partial charge >= 0.3 is 17.9 Å². The first-order chi connectivity index (χ1) is 36.0. The van der Waals surface area contributed by atoms with Crippen molar-refractivity contribution in [1.82, 2.24) is 0 Å². The molecule has 0 N–H and O–H groups in total. The molecular weight excluding hydrogens is 901 g/mol. The van der Waals surface area contributed by atoms with Crippen molar-refractivity contribution >= 4 is 17.9 Å². The van der Waals surface area contributed by atoms with Gasteiger partial charge in [-0.3, -0.25) is 14.4 Å². The van der Waals surface area contributed by atoms with Crippen molar-refractivity contribution in [2.45, 2.75) is 232 Å². The lowest BCUT2D eigenvalue weighted by molar-refractivity contribution is -0.167. The molecule has 6 heteroatoms. The molecule has 0 amide bonds. The summed E-state index contributed by atoms with van der Waals surface area (Å²) in [5.41, 5.74) is 0. The van der Waals surface area contributed by atoms with Crippen molar-refractivity contribution < 1.29 is 28.6 Å². The largest absolute Gasteiger partial charge is 0.462 e. The Balaban J connectivity index is 4.50. The molecule has 0 bridgehead atoms. The zero-order chi connectivity index (χ0) is 52.9. The van der Waals surface area contributed by atoms with Crippen LogP contribution in [0.2, 0.25) is 0 Å². The molecule has 0 spiro atoms. The molecule has 0 saturated carbocycles. The Hall–Kier alpha value is -4.97. The summed E-state index contributed by atoms with van der Waals surface area (Å²) in [6.45, 7) is 6.30. The summed E-state index contributed by atoms with van der Waals surface area (Å²) in [5.74, 6) is -1.03. The summed E-state index contributed by atoms with van der Waals surface area (Å²) in [4.78, 5) is 38.1. The van der Waals surface area contributed by atoms with Gasteiger partial charge < -0.3 is 14.2 Å². The Bertz CT molecular complexity index is 1670. The lowest BCUT2D eigenvalue weighted by Crippen LogP contribution is -2.30. The Kier molecular flexibility index (Phi) is 55.5. The molecule has 408 valence electrons. The van der Waals surface area contributed by atoms with Gasteiger partial charge in [-0.15, -0.1) is 0 Å². The monoisotopic (exact) mass is 1000 g/mol. The third kappa shape index (κ3) is 57.8. The fourth-order valence-electron chi connectivity index (χ4n) is 7.21. The minimum atomic E-state index is -0.829.